The van der Waals surface area contributed by atoms with E-state index >= 15 is 0 Å². The molecule has 1 saturated heterocycles. The Labute approximate surface area is 148 Å². The second kappa shape index (κ2) is 6.88. The summed E-state index contributed by atoms with van der Waals surface area (Å²) in [7, 11) is -3.28. The van der Waals surface area contributed by atoms with Gasteiger partial charge in [0, 0.05) is 17.8 Å². The number of benzene rings is 2. The topological polar surface area (TPSA) is 66.5 Å². The van der Waals surface area contributed by atoms with Crippen LogP contribution < -0.4 is 9.62 Å². The molecule has 5 nitrogen and oxygen atoms in total. The van der Waals surface area contributed by atoms with Gasteiger partial charge in [-0.1, -0.05) is 23.8 Å². The molecule has 0 aliphatic carbocycles. The van der Waals surface area contributed by atoms with Crippen molar-refractivity contribution in [3.05, 3.63) is 59.2 Å². The predicted molar refractivity (Wildman–Crippen MR) is 101 cm³/mol. The van der Waals surface area contributed by atoms with Crippen LogP contribution in [0.3, 0.4) is 0 Å². The van der Waals surface area contributed by atoms with Gasteiger partial charge in [0.05, 0.1) is 11.4 Å². The summed E-state index contributed by atoms with van der Waals surface area (Å²) in [6, 6.07) is 12.7. The van der Waals surface area contributed by atoms with Crippen molar-refractivity contribution in [1.29, 1.82) is 0 Å². The first-order chi connectivity index (χ1) is 11.9. The van der Waals surface area contributed by atoms with Gasteiger partial charge in [-0.3, -0.25) is 9.10 Å². The van der Waals surface area contributed by atoms with Crippen LogP contribution in [-0.2, 0) is 10.0 Å². The Bertz CT molecular complexity index is 907. The second-order valence-corrected chi connectivity index (χ2v) is 8.43. The number of aryl methyl sites for hydroxylation is 2. The molecule has 0 spiro atoms. The Morgan fingerprint density at radius 3 is 2.60 bits per heavy atom. The number of nitrogens with zero attached hydrogens (tertiary/aromatic N) is 1. The van der Waals surface area contributed by atoms with Gasteiger partial charge in [0.2, 0.25) is 10.0 Å². The van der Waals surface area contributed by atoms with Crippen LogP contribution in [0.25, 0.3) is 0 Å². The highest BCUT2D eigenvalue weighted by Crippen LogP contribution is 2.29. The maximum atomic E-state index is 12.4. The third-order valence-electron chi connectivity index (χ3n) is 4.37. The average Bonchev–Trinajstić information content (AvgIpc) is 2.56. The highest BCUT2D eigenvalue weighted by Gasteiger charge is 2.27. The van der Waals surface area contributed by atoms with E-state index in [1.54, 1.807) is 18.2 Å². The lowest BCUT2D eigenvalue weighted by Crippen LogP contribution is -2.38. The molecule has 0 atom stereocenters. The molecule has 0 aromatic heterocycles. The minimum Gasteiger partial charge on any atom is -0.322 e. The van der Waals surface area contributed by atoms with Gasteiger partial charge in [-0.25, -0.2) is 8.42 Å². The summed E-state index contributed by atoms with van der Waals surface area (Å²) < 4.78 is 26.2. The summed E-state index contributed by atoms with van der Waals surface area (Å²) in [5, 5.41) is 2.86. The average molecular weight is 358 g/mol. The van der Waals surface area contributed by atoms with Crippen LogP contribution in [0.15, 0.2) is 42.5 Å². The molecule has 1 heterocycles. The number of nitrogens with one attached hydrogen (secondary N) is 1. The maximum Gasteiger partial charge on any atom is 0.255 e. The van der Waals surface area contributed by atoms with E-state index in [1.807, 2.05) is 38.1 Å². The molecule has 6 heteroatoms. The summed E-state index contributed by atoms with van der Waals surface area (Å²) in [5.74, 6) is -0.0354. The molecule has 3 rings (SSSR count). The molecule has 0 unspecified atom stereocenters. The summed E-state index contributed by atoms with van der Waals surface area (Å²) in [6.45, 7) is 4.30. The monoisotopic (exact) mass is 358 g/mol. The molecule has 0 radical (unpaired) electrons. The molecule has 1 fully saturated rings. The molecular formula is C19H22N2O3S. The third kappa shape index (κ3) is 3.85. The van der Waals surface area contributed by atoms with E-state index in [4.69, 9.17) is 0 Å². The van der Waals surface area contributed by atoms with Crippen LogP contribution in [0, 0.1) is 13.8 Å². The molecule has 0 bridgehead atoms. The molecule has 1 aliphatic rings. The lowest BCUT2D eigenvalue weighted by Gasteiger charge is -2.29. The summed E-state index contributed by atoms with van der Waals surface area (Å²) in [4.78, 5) is 12.4. The molecule has 25 heavy (non-hydrogen) atoms. The van der Waals surface area contributed by atoms with Crippen LogP contribution in [-0.4, -0.2) is 26.6 Å². The number of anilines is 2. The third-order valence-corrected chi connectivity index (χ3v) is 6.22. The zero-order chi connectivity index (χ0) is 18.0. The van der Waals surface area contributed by atoms with Crippen LogP contribution in [0.1, 0.15) is 34.3 Å². The molecule has 1 aliphatic heterocycles. The Morgan fingerprint density at radius 1 is 1.08 bits per heavy atom. The van der Waals surface area contributed by atoms with E-state index < -0.39 is 10.0 Å². The van der Waals surface area contributed by atoms with E-state index in [-0.39, 0.29) is 11.7 Å². The van der Waals surface area contributed by atoms with Gasteiger partial charge in [-0.15, -0.1) is 0 Å². The SMILES string of the molecule is Cc1cccc(C(=O)Nc2ccc(C)c(N3CCCCS3(=O)=O)c2)c1. The van der Waals surface area contributed by atoms with Crippen molar-refractivity contribution in [3.63, 3.8) is 0 Å². The number of hydrogen-bond donors (Lipinski definition) is 1. The number of carbonyl (C=O) groups excluding carboxylic acids is 1. The smallest absolute Gasteiger partial charge is 0.255 e. The van der Waals surface area contributed by atoms with E-state index in [2.05, 4.69) is 5.32 Å². The van der Waals surface area contributed by atoms with Crippen molar-refractivity contribution in [2.75, 3.05) is 21.9 Å². The Morgan fingerprint density at radius 2 is 1.88 bits per heavy atom. The Hall–Kier alpha value is -2.34. The number of carbonyl (C=O) groups is 1. The zero-order valence-electron chi connectivity index (χ0n) is 14.5. The quantitative estimate of drug-likeness (QED) is 0.913. The normalized spacial score (nSPS) is 16.5. The fraction of sp³-hybridized carbons (Fsp3) is 0.316. The lowest BCUT2D eigenvalue weighted by molar-refractivity contribution is 0.102. The van der Waals surface area contributed by atoms with Crippen LogP contribution >= 0.6 is 0 Å². The first-order valence-electron chi connectivity index (χ1n) is 8.36. The lowest BCUT2D eigenvalue weighted by atomic mass is 10.1. The van der Waals surface area contributed by atoms with Crippen molar-refractivity contribution < 1.29 is 13.2 Å². The van der Waals surface area contributed by atoms with Gasteiger partial charge >= 0.3 is 0 Å². The molecule has 2 aromatic carbocycles. The molecule has 0 saturated carbocycles. The predicted octanol–water partition coefficient (Wildman–Crippen LogP) is 3.49. The molecule has 1 amide bonds. The number of rotatable bonds is 3. The summed E-state index contributed by atoms with van der Waals surface area (Å²) >= 11 is 0. The molecular weight excluding hydrogens is 336 g/mol. The Balaban J connectivity index is 1.88. The number of amides is 1. The highest BCUT2D eigenvalue weighted by atomic mass is 32.2. The van der Waals surface area contributed by atoms with E-state index in [0.717, 1.165) is 17.5 Å². The van der Waals surface area contributed by atoms with Crippen molar-refractivity contribution in [3.8, 4) is 0 Å². The molecule has 132 valence electrons. The van der Waals surface area contributed by atoms with Gasteiger partial charge in [0.15, 0.2) is 0 Å². The summed E-state index contributed by atoms with van der Waals surface area (Å²) in [5.41, 5.74) is 3.69. The first kappa shape index (κ1) is 17.5. The van der Waals surface area contributed by atoms with Gasteiger partial charge < -0.3 is 5.32 Å². The fourth-order valence-electron chi connectivity index (χ4n) is 3.00. The molecule has 1 N–H and O–H groups in total. The van der Waals surface area contributed by atoms with Crippen molar-refractivity contribution in [2.24, 2.45) is 0 Å². The van der Waals surface area contributed by atoms with Gasteiger partial charge in [0.25, 0.3) is 5.91 Å². The van der Waals surface area contributed by atoms with Gasteiger partial charge in [-0.2, -0.15) is 0 Å². The fourth-order valence-corrected chi connectivity index (χ4v) is 4.70. The van der Waals surface area contributed by atoms with Crippen LogP contribution in [0.5, 0.6) is 0 Å². The minimum absolute atomic E-state index is 0.173. The van der Waals surface area contributed by atoms with Crippen LogP contribution in [0.4, 0.5) is 11.4 Å². The standard InChI is InChI=1S/C19H22N2O3S/c1-14-6-5-7-16(12-14)19(22)20-17-9-8-15(2)18(13-17)21-10-3-4-11-25(21,23)24/h5-9,12-13H,3-4,10-11H2,1-2H3,(H,20,22). The Kier molecular flexibility index (Phi) is 4.81. The highest BCUT2D eigenvalue weighted by molar-refractivity contribution is 7.92. The minimum atomic E-state index is -3.28. The van der Waals surface area contributed by atoms with Gasteiger partial charge in [-0.05, 0) is 56.5 Å². The van der Waals surface area contributed by atoms with E-state index in [9.17, 15) is 13.2 Å². The summed E-state index contributed by atoms with van der Waals surface area (Å²) in [6.07, 6.45) is 1.54. The van der Waals surface area contributed by atoms with E-state index in [0.29, 0.717) is 29.9 Å². The first-order valence-corrected chi connectivity index (χ1v) is 9.97. The zero-order valence-corrected chi connectivity index (χ0v) is 15.3. The largest absolute Gasteiger partial charge is 0.322 e. The molecule has 2 aromatic rings. The van der Waals surface area contributed by atoms with Crippen molar-refractivity contribution >= 4 is 27.3 Å². The van der Waals surface area contributed by atoms with Crippen molar-refractivity contribution in [1.82, 2.24) is 0 Å². The van der Waals surface area contributed by atoms with Crippen LogP contribution in [0.2, 0.25) is 0 Å². The van der Waals surface area contributed by atoms with E-state index in [1.165, 1.54) is 4.31 Å². The number of hydrogen-bond acceptors (Lipinski definition) is 3. The second-order valence-electron chi connectivity index (χ2n) is 6.42. The van der Waals surface area contributed by atoms with Crippen molar-refractivity contribution in [2.45, 2.75) is 26.7 Å². The maximum absolute atomic E-state index is 12.4. The van der Waals surface area contributed by atoms with Gasteiger partial charge in [0.1, 0.15) is 0 Å². The number of sulfonamides is 1.